The Morgan fingerprint density at radius 1 is 1.03 bits per heavy atom. The molecule has 0 radical (unpaired) electrons. The highest BCUT2D eigenvalue weighted by molar-refractivity contribution is 5.99. The van der Waals surface area contributed by atoms with Gasteiger partial charge in [0.2, 0.25) is 0 Å². The van der Waals surface area contributed by atoms with Crippen molar-refractivity contribution in [2.45, 2.75) is 13.5 Å². The molecule has 0 saturated heterocycles. The minimum absolute atomic E-state index is 0.0541. The summed E-state index contributed by atoms with van der Waals surface area (Å²) in [6.07, 6.45) is 2.42. The lowest BCUT2D eigenvalue weighted by Gasteiger charge is -2.21. The second-order valence-corrected chi connectivity index (χ2v) is 6.35. The van der Waals surface area contributed by atoms with Gasteiger partial charge < -0.3 is 18.9 Å². The third-order valence-corrected chi connectivity index (χ3v) is 4.11. The summed E-state index contributed by atoms with van der Waals surface area (Å²) in [6.45, 7) is -2.14. The van der Waals surface area contributed by atoms with Crippen molar-refractivity contribution in [1.29, 1.82) is 0 Å². The molecule has 0 aliphatic rings. The Hall–Kier alpha value is -3.95. The molecule has 2 aromatic rings. The van der Waals surface area contributed by atoms with Gasteiger partial charge >= 0.3 is 18.6 Å². The highest BCUT2D eigenvalue weighted by Crippen LogP contribution is 2.29. The van der Waals surface area contributed by atoms with E-state index in [1.54, 1.807) is 37.3 Å². The summed E-state index contributed by atoms with van der Waals surface area (Å²) in [5.74, 6) is -2.14. The second-order valence-electron chi connectivity index (χ2n) is 6.35. The summed E-state index contributed by atoms with van der Waals surface area (Å²) in [5, 5.41) is 0. The quantitative estimate of drug-likeness (QED) is 0.372. The third-order valence-electron chi connectivity index (χ3n) is 4.11. The van der Waals surface area contributed by atoms with Gasteiger partial charge in [0.25, 0.3) is 5.91 Å². The Kier molecular flexibility index (Phi) is 9.81. The zero-order valence-corrected chi connectivity index (χ0v) is 18.0. The molecule has 0 aliphatic heterocycles. The van der Waals surface area contributed by atoms with E-state index in [4.69, 9.17) is 14.2 Å². The third kappa shape index (κ3) is 8.24. The molecule has 0 aromatic heterocycles. The van der Waals surface area contributed by atoms with Crippen LogP contribution in [0.2, 0.25) is 0 Å². The van der Waals surface area contributed by atoms with Crippen molar-refractivity contribution in [2.24, 2.45) is 0 Å². The highest BCUT2D eigenvalue weighted by atomic mass is 19.3. The van der Waals surface area contributed by atoms with Gasteiger partial charge in [-0.15, -0.1) is 0 Å². The minimum atomic E-state index is -3.01. The molecular weight excluding hydrogens is 440 g/mol. The predicted molar refractivity (Wildman–Crippen MR) is 115 cm³/mol. The maximum Gasteiger partial charge on any atom is 0.387 e. The largest absolute Gasteiger partial charge is 0.493 e. The van der Waals surface area contributed by atoms with E-state index in [9.17, 15) is 23.2 Å². The van der Waals surface area contributed by atoms with Gasteiger partial charge in [-0.25, -0.2) is 4.79 Å². The number of ether oxygens (including phenoxy) is 4. The molecule has 0 spiro atoms. The van der Waals surface area contributed by atoms with Crippen molar-refractivity contribution in [2.75, 3.05) is 31.8 Å². The van der Waals surface area contributed by atoms with Crippen LogP contribution in [0, 0.1) is 0 Å². The van der Waals surface area contributed by atoms with Crippen molar-refractivity contribution >= 4 is 29.6 Å². The van der Waals surface area contributed by atoms with Crippen LogP contribution in [0.15, 0.2) is 54.6 Å². The van der Waals surface area contributed by atoms with Crippen molar-refractivity contribution in [3.8, 4) is 11.5 Å². The van der Waals surface area contributed by atoms with Crippen LogP contribution in [0.4, 0.5) is 14.5 Å². The Morgan fingerprint density at radius 3 is 2.39 bits per heavy atom. The van der Waals surface area contributed by atoms with Crippen LogP contribution in [-0.4, -0.2) is 51.3 Å². The molecule has 10 heteroatoms. The Bertz CT molecular complexity index is 980. The maximum absolute atomic E-state index is 12.6. The molecule has 0 saturated carbocycles. The summed E-state index contributed by atoms with van der Waals surface area (Å²) in [5.41, 5.74) is 0.894. The summed E-state index contributed by atoms with van der Waals surface area (Å²) < 4.78 is 44.0. The van der Waals surface area contributed by atoms with Gasteiger partial charge in [0.15, 0.2) is 18.1 Å². The molecule has 0 heterocycles. The Labute approximate surface area is 189 Å². The first-order valence-electron chi connectivity index (χ1n) is 9.82. The average molecular weight is 463 g/mol. The van der Waals surface area contributed by atoms with E-state index in [1.165, 1.54) is 31.4 Å². The average Bonchev–Trinajstić information content (AvgIpc) is 2.80. The number of carbonyl (C=O) groups is 3. The van der Waals surface area contributed by atoms with Crippen molar-refractivity contribution in [1.82, 2.24) is 0 Å². The minimum Gasteiger partial charge on any atom is -0.493 e. The molecule has 0 aliphatic carbocycles. The van der Waals surface area contributed by atoms with Crippen molar-refractivity contribution < 1.29 is 42.1 Å². The molecule has 2 rings (SSSR count). The maximum atomic E-state index is 12.6. The van der Waals surface area contributed by atoms with Gasteiger partial charge in [0, 0.05) is 11.8 Å². The number of para-hydroxylation sites is 1. The van der Waals surface area contributed by atoms with Gasteiger partial charge in [-0.05, 0) is 42.8 Å². The van der Waals surface area contributed by atoms with Gasteiger partial charge in [-0.1, -0.05) is 24.3 Å². The summed E-state index contributed by atoms with van der Waals surface area (Å²) in [4.78, 5) is 37.7. The smallest absolute Gasteiger partial charge is 0.387 e. The number of halogens is 2. The van der Waals surface area contributed by atoms with Crippen molar-refractivity contribution in [3.63, 3.8) is 0 Å². The number of hydrogen-bond acceptors (Lipinski definition) is 7. The molecule has 0 bridgehead atoms. The van der Waals surface area contributed by atoms with Crippen LogP contribution in [-0.2, 0) is 23.9 Å². The molecule has 2 aromatic carbocycles. The number of nitrogens with zero attached hydrogens (tertiary/aromatic N) is 1. The molecule has 8 nitrogen and oxygen atoms in total. The number of hydrogen-bond donors (Lipinski definition) is 0. The summed E-state index contributed by atoms with van der Waals surface area (Å²) in [6, 6.07) is 12.5. The van der Waals surface area contributed by atoms with Crippen LogP contribution >= 0.6 is 0 Å². The summed E-state index contributed by atoms with van der Waals surface area (Å²) >= 11 is 0. The van der Waals surface area contributed by atoms with Gasteiger partial charge in [-0.3, -0.25) is 14.5 Å². The van der Waals surface area contributed by atoms with E-state index in [0.29, 0.717) is 11.3 Å². The molecule has 0 unspecified atom stereocenters. The molecule has 1 amide bonds. The van der Waals surface area contributed by atoms with E-state index < -0.39 is 31.1 Å². The Balaban J connectivity index is 2.00. The summed E-state index contributed by atoms with van der Waals surface area (Å²) in [7, 11) is 1.29. The fraction of sp³-hybridized carbons (Fsp3) is 0.261. The fourth-order valence-corrected chi connectivity index (χ4v) is 2.67. The van der Waals surface area contributed by atoms with Crippen molar-refractivity contribution in [3.05, 3.63) is 60.2 Å². The van der Waals surface area contributed by atoms with Crippen LogP contribution in [0.25, 0.3) is 6.08 Å². The number of alkyl halides is 2. The Morgan fingerprint density at radius 2 is 1.76 bits per heavy atom. The molecule has 176 valence electrons. The first kappa shape index (κ1) is 25.3. The molecular formula is C23H23F2NO7. The SMILES string of the molecule is CCOC(=O)CN(C(=O)COC(=O)/C=C/c1ccc(OC(F)F)c(OC)c1)c1ccccc1. The van der Waals surface area contributed by atoms with E-state index >= 15 is 0 Å². The normalized spacial score (nSPS) is 10.7. The van der Waals surface area contributed by atoms with E-state index in [1.807, 2.05) is 0 Å². The van der Waals surface area contributed by atoms with Crippen LogP contribution in [0.5, 0.6) is 11.5 Å². The first-order chi connectivity index (χ1) is 15.8. The standard InChI is InChI=1S/C23H23F2NO7/c1-3-31-22(29)14-26(17-7-5-4-6-8-17)20(27)15-32-21(28)12-10-16-9-11-18(33-23(24)25)19(13-16)30-2/h4-13,23H,3,14-15H2,1-2H3/b12-10+. The fourth-order valence-electron chi connectivity index (χ4n) is 2.67. The van der Waals surface area contributed by atoms with E-state index in [-0.39, 0.29) is 24.7 Å². The number of carbonyl (C=O) groups excluding carboxylic acids is 3. The number of benzene rings is 2. The number of anilines is 1. The monoisotopic (exact) mass is 463 g/mol. The first-order valence-corrected chi connectivity index (χ1v) is 9.82. The molecule has 33 heavy (non-hydrogen) atoms. The highest BCUT2D eigenvalue weighted by Gasteiger charge is 2.21. The van der Waals surface area contributed by atoms with E-state index in [0.717, 1.165) is 11.0 Å². The van der Waals surface area contributed by atoms with Gasteiger partial charge in [-0.2, -0.15) is 8.78 Å². The van der Waals surface area contributed by atoms with E-state index in [2.05, 4.69) is 4.74 Å². The lowest BCUT2D eigenvalue weighted by Crippen LogP contribution is -2.39. The van der Waals surface area contributed by atoms with Crippen LogP contribution in [0.1, 0.15) is 12.5 Å². The second kappa shape index (κ2) is 12.8. The zero-order valence-electron chi connectivity index (χ0n) is 18.0. The molecule has 0 atom stereocenters. The number of amides is 1. The number of methoxy groups -OCH3 is 1. The van der Waals surface area contributed by atoms with Crippen LogP contribution < -0.4 is 14.4 Å². The molecule has 0 fully saturated rings. The topological polar surface area (TPSA) is 91.4 Å². The van der Waals surface area contributed by atoms with Gasteiger partial charge in [0.05, 0.1) is 13.7 Å². The lowest BCUT2D eigenvalue weighted by molar-refractivity contribution is -0.144. The van der Waals surface area contributed by atoms with Crippen LogP contribution in [0.3, 0.4) is 0 Å². The number of esters is 2. The number of rotatable bonds is 11. The van der Waals surface area contributed by atoms with Gasteiger partial charge in [0.1, 0.15) is 6.54 Å². The predicted octanol–water partition coefficient (Wildman–Crippen LogP) is 3.45. The molecule has 0 N–H and O–H groups in total. The lowest BCUT2D eigenvalue weighted by atomic mass is 10.2. The zero-order chi connectivity index (χ0) is 24.2.